The third kappa shape index (κ3) is 3.05. The summed E-state index contributed by atoms with van der Waals surface area (Å²) in [5.41, 5.74) is 3.72. The summed E-state index contributed by atoms with van der Waals surface area (Å²) in [6.07, 6.45) is 6.38. The Kier molecular flexibility index (Phi) is 4.12. The Morgan fingerprint density at radius 3 is 2.57 bits per heavy atom. The number of rotatable bonds is 3. The second kappa shape index (κ2) is 6.67. The van der Waals surface area contributed by atoms with Gasteiger partial charge in [-0.15, -0.1) is 0 Å². The Balaban J connectivity index is 1.39. The smallest absolute Gasteiger partial charge is 0.229 e. The topological polar surface area (TPSA) is 67.2 Å². The second-order valence-corrected chi connectivity index (χ2v) is 8.10. The number of carbonyl (C=O) groups excluding carboxylic acids is 1. The van der Waals surface area contributed by atoms with Crippen LogP contribution in [0.4, 0.5) is 0 Å². The monoisotopic (exact) mass is 376 g/mol. The summed E-state index contributed by atoms with van der Waals surface area (Å²) in [5.74, 6) is 0.178. The Bertz CT molecular complexity index is 1030. The molecule has 0 N–H and O–H groups in total. The number of aryl methyl sites for hydroxylation is 1. The maximum Gasteiger partial charge on any atom is 0.229 e. The highest BCUT2D eigenvalue weighted by atomic mass is 16.2. The molecule has 4 heterocycles. The molecular formula is C21H24N6O. The number of carbonyl (C=O) groups is 1. The normalized spacial score (nSPS) is 22.1. The average molecular weight is 376 g/mol. The molecule has 2 fully saturated rings. The van der Waals surface area contributed by atoms with Gasteiger partial charge < -0.3 is 9.80 Å². The fraction of sp³-hybridized carbons (Fsp3) is 0.429. The zero-order chi connectivity index (χ0) is 19.3. The van der Waals surface area contributed by atoms with Crippen LogP contribution >= 0.6 is 0 Å². The lowest BCUT2D eigenvalue weighted by atomic mass is 10.1. The highest BCUT2D eigenvalue weighted by Gasteiger charge is 2.41. The van der Waals surface area contributed by atoms with E-state index in [0.29, 0.717) is 18.5 Å². The van der Waals surface area contributed by atoms with Crippen molar-refractivity contribution >= 4 is 16.8 Å². The van der Waals surface area contributed by atoms with Gasteiger partial charge in [-0.2, -0.15) is 15.3 Å². The second-order valence-electron chi connectivity index (χ2n) is 8.10. The molecule has 0 radical (unpaired) electrons. The first-order valence-electron chi connectivity index (χ1n) is 9.82. The predicted molar refractivity (Wildman–Crippen MR) is 107 cm³/mol. The van der Waals surface area contributed by atoms with Crippen LogP contribution in [0.5, 0.6) is 0 Å². The van der Waals surface area contributed by atoms with Crippen molar-refractivity contribution in [3.63, 3.8) is 0 Å². The number of hydrogen-bond acceptors (Lipinski definition) is 5. The Labute approximate surface area is 164 Å². The van der Waals surface area contributed by atoms with Gasteiger partial charge in [0.25, 0.3) is 0 Å². The Morgan fingerprint density at radius 2 is 1.86 bits per heavy atom. The minimum absolute atomic E-state index is 0.178. The quantitative estimate of drug-likeness (QED) is 0.698. The summed E-state index contributed by atoms with van der Waals surface area (Å²) in [6.45, 7) is 1.94. The number of nitrogens with zero attached hydrogens (tertiary/aromatic N) is 6. The van der Waals surface area contributed by atoms with E-state index in [2.05, 4.69) is 38.2 Å². The van der Waals surface area contributed by atoms with Crippen molar-refractivity contribution in [3.05, 3.63) is 42.4 Å². The van der Waals surface area contributed by atoms with Gasteiger partial charge in [0.15, 0.2) is 0 Å². The summed E-state index contributed by atoms with van der Waals surface area (Å²) in [7, 11) is 4.05. The summed E-state index contributed by atoms with van der Waals surface area (Å²) >= 11 is 0. The molecule has 1 aromatic carbocycles. The molecule has 7 nitrogen and oxygen atoms in total. The van der Waals surface area contributed by atoms with Gasteiger partial charge in [0.2, 0.25) is 5.91 Å². The van der Waals surface area contributed by atoms with E-state index in [4.69, 9.17) is 0 Å². The van der Waals surface area contributed by atoms with Gasteiger partial charge in [0.05, 0.1) is 23.8 Å². The molecule has 28 heavy (non-hydrogen) atoms. The summed E-state index contributed by atoms with van der Waals surface area (Å²) in [5, 5.41) is 13.9. The standard InChI is InChI=1S/C21H24N6O/c1-25-12-18-4-5-19(13-25)27(18)21(28)9-17-8-15-7-14(3-6-20(15)24-23-17)16-10-22-26(2)11-16/h3,6-8,10-11,18-19H,4-5,9,12-13H2,1-2H3. The number of fused-ring (bicyclic) bond motifs is 3. The molecule has 2 aliphatic heterocycles. The number of piperazine rings is 1. The number of hydrogen-bond donors (Lipinski definition) is 0. The number of likely N-dealkylation sites (tertiary alicyclic amines) is 1. The van der Waals surface area contributed by atoms with Crippen molar-refractivity contribution in [1.82, 2.24) is 29.8 Å². The summed E-state index contributed by atoms with van der Waals surface area (Å²) in [4.78, 5) is 17.4. The SMILES string of the molecule is CN1CC2CCC(C1)N2C(=O)Cc1cc2cc(-c3cnn(C)c3)ccc2nn1. The van der Waals surface area contributed by atoms with E-state index >= 15 is 0 Å². The first-order chi connectivity index (χ1) is 13.6. The molecule has 2 saturated heterocycles. The highest BCUT2D eigenvalue weighted by Crippen LogP contribution is 2.30. The van der Waals surface area contributed by atoms with Crippen molar-refractivity contribution < 1.29 is 4.79 Å². The van der Waals surface area contributed by atoms with E-state index < -0.39 is 0 Å². The van der Waals surface area contributed by atoms with E-state index in [9.17, 15) is 4.79 Å². The molecule has 5 rings (SSSR count). The molecule has 7 heteroatoms. The number of likely N-dealkylation sites (N-methyl/N-ethyl adjacent to an activating group) is 1. The van der Waals surface area contributed by atoms with Gasteiger partial charge in [0, 0.05) is 49.4 Å². The lowest BCUT2D eigenvalue weighted by molar-refractivity contribution is -0.135. The lowest BCUT2D eigenvalue weighted by Crippen LogP contribution is -2.55. The molecular weight excluding hydrogens is 352 g/mol. The molecule has 2 bridgehead atoms. The first-order valence-corrected chi connectivity index (χ1v) is 9.82. The first kappa shape index (κ1) is 17.3. The van der Waals surface area contributed by atoms with Crippen molar-refractivity contribution in [3.8, 4) is 11.1 Å². The lowest BCUT2D eigenvalue weighted by Gasteiger charge is -2.39. The van der Waals surface area contributed by atoms with Crippen molar-refractivity contribution in [2.24, 2.45) is 7.05 Å². The van der Waals surface area contributed by atoms with Crippen molar-refractivity contribution in [2.75, 3.05) is 20.1 Å². The molecule has 0 spiro atoms. The van der Waals surface area contributed by atoms with Gasteiger partial charge in [-0.25, -0.2) is 0 Å². The largest absolute Gasteiger partial charge is 0.334 e. The predicted octanol–water partition coefficient (Wildman–Crippen LogP) is 1.88. The maximum atomic E-state index is 13.0. The van der Waals surface area contributed by atoms with Gasteiger partial charge in [-0.05, 0) is 43.7 Å². The van der Waals surface area contributed by atoms with Crippen molar-refractivity contribution in [1.29, 1.82) is 0 Å². The third-order valence-electron chi connectivity index (χ3n) is 5.96. The zero-order valence-corrected chi connectivity index (χ0v) is 16.2. The highest BCUT2D eigenvalue weighted by molar-refractivity contribution is 5.85. The average Bonchev–Trinajstić information content (AvgIpc) is 3.22. The van der Waals surface area contributed by atoms with E-state index in [0.717, 1.165) is 53.7 Å². The molecule has 3 aromatic rings. The van der Waals surface area contributed by atoms with E-state index in [1.165, 1.54) is 0 Å². The molecule has 0 saturated carbocycles. The fourth-order valence-corrected chi connectivity index (χ4v) is 4.69. The number of aromatic nitrogens is 4. The molecule has 2 atom stereocenters. The Hall–Kier alpha value is -2.80. The minimum Gasteiger partial charge on any atom is -0.334 e. The van der Waals surface area contributed by atoms with Crippen LogP contribution in [-0.4, -0.2) is 67.9 Å². The molecule has 2 unspecified atom stereocenters. The third-order valence-corrected chi connectivity index (χ3v) is 5.96. The minimum atomic E-state index is 0.178. The summed E-state index contributed by atoms with van der Waals surface area (Å²) in [6, 6.07) is 8.79. The maximum absolute atomic E-state index is 13.0. The van der Waals surface area contributed by atoms with E-state index in [1.807, 2.05) is 37.6 Å². The van der Waals surface area contributed by atoms with E-state index in [-0.39, 0.29) is 5.91 Å². The van der Waals surface area contributed by atoms with Gasteiger partial charge in [-0.1, -0.05) is 6.07 Å². The fourth-order valence-electron chi connectivity index (χ4n) is 4.69. The zero-order valence-electron chi connectivity index (χ0n) is 16.2. The van der Waals surface area contributed by atoms with Crippen LogP contribution in [-0.2, 0) is 18.3 Å². The van der Waals surface area contributed by atoms with Crippen LogP contribution in [0.25, 0.3) is 22.0 Å². The summed E-state index contributed by atoms with van der Waals surface area (Å²) < 4.78 is 1.79. The number of amides is 1. The number of benzene rings is 1. The molecule has 2 aromatic heterocycles. The van der Waals surface area contributed by atoms with E-state index in [1.54, 1.807) is 4.68 Å². The molecule has 144 valence electrons. The van der Waals surface area contributed by atoms with Gasteiger partial charge in [0.1, 0.15) is 0 Å². The van der Waals surface area contributed by atoms with Crippen LogP contribution in [0.3, 0.4) is 0 Å². The van der Waals surface area contributed by atoms with Crippen LogP contribution in [0.1, 0.15) is 18.5 Å². The molecule has 2 aliphatic rings. The van der Waals surface area contributed by atoms with Crippen LogP contribution in [0.2, 0.25) is 0 Å². The van der Waals surface area contributed by atoms with Gasteiger partial charge in [-0.3, -0.25) is 9.48 Å². The Morgan fingerprint density at radius 1 is 1.07 bits per heavy atom. The van der Waals surface area contributed by atoms with Crippen molar-refractivity contribution in [2.45, 2.75) is 31.3 Å². The van der Waals surface area contributed by atoms with Crippen LogP contribution in [0, 0.1) is 0 Å². The molecule has 0 aliphatic carbocycles. The van der Waals surface area contributed by atoms with Crippen LogP contribution < -0.4 is 0 Å². The van der Waals surface area contributed by atoms with Crippen LogP contribution in [0.15, 0.2) is 36.7 Å². The molecule has 1 amide bonds. The van der Waals surface area contributed by atoms with Gasteiger partial charge >= 0.3 is 0 Å².